The van der Waals surface area contributed by atoms with Gasteiger partial charge in [-0.2, -0.15) is 5.10 Å². The maximum absolute atomic E-state index is 13.3. The van der Waals surface area contributed by atoms with E-state index in [0.717, 1.165) is 36.7 Å². The zero-order valence-electron chi connectivity index (χ0n) is 18.3. The van der Waals surface area contributed by atoms with E-state index in [-0.39, 0.29) is 12.7 Å². The van der Waals surface area contributed by atoms with Crippen molar-refractivity contribution >= 4 is 17.5 Å². The van der Waals surface area contributed by atoms with Gasteiger partial charge < -0.3 is 19.1 Å². The average molecular weight is 469 g/mol. The molecule has 1 N–H and O–H groups in total. The highest BCUT2D eigenvalue weighted by Gasteiger charge is 2.26. The minimum atomic E-state index is -0.0357. The summed E-state index contributed by atoms with van der Waals surface area (Å²) in [6.45, 7) is 6.41. The molecular weight excluding hydrogens is 444 g/mol. The van der Waals surface area contributed by atoms with Gasteiger partial charge >= 0.3 is 0 Å². The van der Waals surface area contributed by atoms with E-state index >= 15 is 0 Å². The third-order valence-corrected chi connectivity index (χ3v) is 6.19. The van der Waals surface area contributed by atoms with Crippen LogP contribution in [0.1, 0.15) is 22.8 Å². The van der Waals surface area contributed by atoms with Crippen LogP contribution in [0.25, 0.3) is 11.3 Å². The van der Waals surface area contributed by atoms with Crippen LogP contribution in [0.15, 0.2) is 42.6 Å². The summed E-state index contributed by atoms with van der Waals surface area (Å²) >= 11 is 6.34. The molecule has 0 aliphatic carbocycles. The highest BCUT2D eigenvalue weighted by atomic mass is 35.5. The lowest BCUT2D eigenvalue weighted by molar-refractivity contribution is 0.0629. The predicted molar refractivity (Wildman–Crippen MR) is 124 cm³/mol. The Bertz CT molecular complexity index is 1160. The van der Waals surface area contributed by atoms with Gasteiger partial charge in [-0.25, -0.2) is 0 Å². The van der Waals surface area contributed by atoms with Gasteiger partial charge in [-0.1, -0.05) is 17.7 Å². The zero-order valence-corrected chi connectivity index (χ0v) is 19.1. The van der Waals surface area contributed by atoms with Gasteiger partial charge in [0, 0.05) is 38.3 Å². The van der Waals surface area contributed by atoms with Crippen LogP contribution in [0, 0.1) is 0 Å². The van der Waals surface area contributed by atoms with Crippen LogP contribution in [0.4, 0.5) is 0 Å². The summed E-state index contributed by atoms with van der Waals surface area (Å²) in [6, 6.07) is 11.5. The molecule has 0 spiro atoms. The second-order valence-corrected chi connectivity index (χ2v) is 8.40. The molecule has 9 heteroatoms. The Morgan fingerprint density at radius 2 is 1.94 bits per heavy atom. The van der Waals surface area contributed by atoms with Crippen molar-refractivity contribution in [3.8, 4) is 28.5 Å². The molecule has 33 heavy (non-hydrogen) atoms. The molecular formula is C24H25ClN4O4. The van der Waals surface area contributed by atoms with Gasteiger partial charge in [0.15, 0.2) is 11.5 Å². The summed E-state index contributed by atoms with van der Waals surface area (Å²) in [4.78, 5) is 17.5. The Labute approximate surface area is 197 Å². The lowest BCUT2D eigenvalue weighted by Crippen LogP contribution is -2.48. The third kappa shape index (κ3) is 4.49. The predicted octanol–water partition coefficient (Wildman–Crippen LogP) is 3.82. The van der Waals surface area contributed by atoms with E-state index in [0.29, 0.717) is 41.7 Å². The summed E-state index contributed by atoms with van der Waals surface area (Å²) in [5, 5.41) is 7.58. The largest absolute Gasteiger partial charge is 0.492 e. The van der Waals surface area contributed by atoms with E-state index in [1.54, 1.807) is 12.3 Å². The summed E-state index contributed by atoms with van der Waals surface area (Å²) in [6.07, 6.45) is 1.58. The van der Waals surface area contributed by atoms with Crippen LogP contribution in [-0.4, -0.2) is 65.5 Å². The maximum Gasteiger partial charge on any atom is 0.257 e. The molecule has 3 heterocycles. The molecule has 5 rings (SSSR count). The number of rotatable bonds is 6. The number of H-pyrrole nitrogens is 1. The zero-order chi connectivity index (χ0) is 22.8. The Balaban J connectivity index is 1.23. The number of aromatic amines is 1. The molecule has 0 radical (unpaired) electrons. The lowest BCUT2D eigenvalue weighted by Gasteiger charge is -2.34. The van der Waals surface area contributed by atoms with Crippen molar-refractivity contribution in [3.05, 3.63) is 58.7 Å². The fraction of sp³-hybridized carbons (Fsp3) is 0.333. The van der Waals surface area contributed by atoms with Gasteiger partial charge in [-0.3, -0.25) is 14.8 Å². The Kier molecular flexibility index (Phi) is 6.11. The number of nitrogens with one attached hydrogen (secondary N) is 1. The standard InChI is InChI=1S/C24H25ClN4O4/c1-2-31-20-6-4-17(12-19(20)25)23-18(13-26-27-23)24(30)29-9-7-28(8-10-29)14-16-3-5-21-22(11-16)33-15-32-21/h3-6,11-13H,2,7-10,14-15H2,1H3,(H,26,27). The number of hydrogen-bond donors (Lipinski definition) is 1. The summed E-state index contributed by atoms with van der Waals surface area (Å²) in [5.41, 5.74) is 3.17. The minimum Gasteiger partial charge on any atom is -0.492 e. The molecule has 0 atom stereocenters. The highest BCUT2D eigenvalue weighted by Crippen LogP contribution is 2.33. The van der Waals surface area contributed by atoms with E-state index in [1.807, 2.05) is 36.1 Å². The van der Waals surface area contributed by atoms with Crippen molar-refractivity contribution in [1.29, 1.82) is 0 Å². The van der Waals surface area contributed by atoms with E-state index in [4.69, 9.17) is 25.8 Å². The topological polar surface area (TPSA) is 79.9 Å². The monoisotopic (exact) mass is 468 g/mol. The number of piperazine rings is 1. The fourth-order valence-electron chi connectivity index (χ4n) is 4.17. The number of amides is 1. The van der Waals surface area contributed by atoms with E-state index in [1.165, 1.54) is 5.56 Å². The van der Waals surface area contributed by atoms with Crippen LogP contribution < -0.4 is 14.2 Å². The molecule has 1 aromatic heterocycles. The molecule has 1 amide bonds. The van der Waals surface area contributed by atoms with Crippen LogP contribution in [-0.2, 0) is 6.54 Å². The first kappa shape index (κ1) is 21.6. The van der Waals surface area contributed by atoms with Gasteiger partial charge in [0.2, 0.25) is 6.79 Å². The van der Waals surface area contributed by atoms with E-state index in [2.05, 4.69) is 21.2 Å². The van der Waals surface area contributed by atoms with Crippen molar-refractivity contribution < 1.29 is 19.0 Å². The molecule has 0 bridgehead atoms. The number of halogens is 1. The van der Waals surface area contributed by atoms with E-state index < -0.39 is 0 Å². The molecule has 2 aromatic carbocycles. The number of hydrogen-bond acceptors (Lipinski definition) is 6. The van der Waals surface area contributed by atoms with Gasteiger partial charge in [0.05, 0.1) is 29.1 Å². The maximum atomic E-state index is 13.3. The molecule has 0 saturated carbocycles. The van der Waals surface area contributed by atoms with Gasteiger partial charge in [-0.05, 0) is 42.8 Å². The molecule has 3 aromatic rings. The molecule has 1 fully saturated rings. The number of carbonyl (C=O) groups excluding carboxylic acids is 1. The first-order valence-corrected chi connectivity index (χ1v) is 11.4. The Morgan fingerprint density at radius 3 is 2.73 bits per heavy atom. The molecule has 2 aliphatic heterocycles. The first-order chi connectivity index (χ1) is 16.1. The number of fused-ring (bicyclic) bond motifs is 1. The lowest BCUT2D eigenvalue weighted by atomic mass is 10.1. The second kappa shape index (κ2) is 9.33. The summed E-state index contributed by atoms with van der Waals surface area (Å²) in [5.74, 6) is 2.17. The summed E-state index contributed by atoms with van der Waals surface area (Å²) in [7, 11) is 0. The fourth-order valence-corrected chi connectivity index (χ4v) is 4.41. The van der Waals surface area contributed by atoms with Crippen molar-refractivity contribution in [2.24, 2.45) is 0 Å². The highest BCUT2D eigenvalue weighted by molar-refractivity contribution is 6.32. The minimum absolute atomic E-state index is 0.0357. The molecule has 172 valence electrons. The normalized spacial score (nSPS) is 15.6. The Hall–Kier alpha value is -3.23. The van der Waals surface area contributed by atoms with Crippen LogP contribution in [0.3, 0.4) is 0 Å². The number of aromatic nitrogens is 2. The number of ether oxygens (including phenoxy) is 3. The van der Waals surface area contributed by atoms with Crippen LogP contribution >= 0.6 is 11.6 Å². The van der Waals surface area contributed by atoms with Gasteiger partial charge in [0.1, 0.15) is 5.75 Å². The molecule has 1 saturated heterocycles. The number of carbonyl (C=O) groups is 1. The van der Waals surface area contributed by atoms with Crippen molar-refractivity contribution in [1.82, 2.24) is 20.0 Å². The van der Waals surface area contributed by atoms with Crippen molar-refractivity contribution in [2.45, 2.75) is 13.5 Å². The van der Waals surface area contributed by atoms with Crippen molar-refractivity contribution in [3.63, 3.8) is 0 Å². The van der Waals surface area contributed by atoms with E-state index in [9.17, 15) is 4.79 Å². The number of nitrogens with zero attached hydrogens (tertiary/aromatic N) is 3. The van der Waals surface area contributed by atoms with Crippen molar-refractivity contribution in [2.75, 3.05) is 39.6 Å². The average Bonchev–Trinajstić information content (AvgIpc) is 3.50. The Morgan fingerprint density at radius 1 is 1.12 bits per heavy atom. The third-order valence-electron chi connectivity index (χ3n) is 5.89. The smallest absolute Gasteiger partial charge is 0.257 e. The number of benzene rings is 2. The molecule has 0 unspecified atom stereocenters. The molecule has 2 aliphatic rings. The second-order valence-electron chi connectivity index (χ2n) is 7.99. The SMILES string of the molecule is CCOc1ccc(-c2[nH]ncc2C(=O)N2CCN(Cc3ccc4c(c3)OCO4)CC2)cc1Cl. The first-order valence-electron chi connectivity index (χ1n) is 11.0. The summed E-state index contributed by atoms with van der Waals surface area (Å²) < 4.78 is 16.4. The van der Waals surface area contributed by atoms with Crippen LogP contribution in [0.5, 0.6) is 17.2 Å². The van der Waals surface area contributed by atoms with Gasteiger partial charge in [0.25, 0.3) is 5.91 Å². The van der Waals surface area contributed by atoms with Gasteiger partial charge in [-0.15, -0.1) is 0 Å². The quantitative estimate of drug-likeness (QED) is 0.592. The van der Waals surface area contributed by atoms with Crippen LogP contribution in [0.2, 0.25) is 5.02 Å². The molecule has 8 nitrogen and oxygen atoms in total.